The van der Waals surface area contributed by atoms with Gasteiger partial charge in [0.25, 0.3) is 0 Å². The zero-order chi connectivity index (χ0) is 22.3. The van der Waals surface area contributed by atoms with E-state index in [0.29, 0.717) is 0 Å². The highest BCUT2D eigenvalue weighted by atomic mass is 32.2. The molecule has 0 aliphatic rings. The summed E-state index contributed by atoms with van der Waals surface area (Å²) in [4.78, 5) is 0. The van der Waals surface area contributed by atoms with E-state index in [1.807, 2.05) is 0 Å². The average Bonchev–Trinajstić information content (AvgIpc) is 2.31. The van der Waals surface area contributed by atoms with Crippen molar-refractivity contribution in [2.24, 2.45) is 0 Å². The molecule has 24 heteroatoms. The molecule has 6 atom stereocenters. The van der Waals surface area contributed by atoms with Crippen molar-refractivity contribution in [2.75, 3.05) is 13.2 Å². The molecule has 0 aliphatic heterocycles. The standard InChI is InChI=1S/C2H4F2O4S2.4FHO2S/c3-9(5)7-1-2-8-10(4)6;4*1-4(2)3/h1-2H2;4*(H,2,3). The highest BCUT2D eigenvalue weighted by molar-refractivity contribution is 7.75. The fourth-order valence-electron chi connectivity index (χ4n) is 0.199. The molecule has 0 heterocycles. The Hall–Kier alpha value is 0.240. The molecule has 0 radical (unpaired) electrons. The van der Waals surface area contributed by atoms with Crippen molar-refractivity contribution in [3.63, 3.8) is 0 Å². The van der Waals surface area contributed by atoms with E-state index >= 15 is 0 Å². The minimum absolute atomic E-state index is 0.404. The van der Waals surface area contributed by atoms with Crippen LogP contribution in [0.3, 0.4) is 0 Å². The van der Waals surface area contributed by atoms with Crippen LogP contribution in [0.2, 0.25) is 0 Å². The Morgan fingerprint density at radius 3 is 0.692 bits per heavy atom. The van der Waals surface area contributed by atoms with E-state index in [-0.39, 0.29) is 0 Å². The number of hydrogen-bond donors (Lipinski definition) is 4. The Labute approximate surface area is 157 Å². The van der Waals surface area contributed by atoms with Gasteiger partial charge in [-0.25, -0.2) is 0 Å². The molecule has 0 saturated heterocycles. The predicted molar refractivity (Wildman–Crippen MR) is 77.9 cm³/mol. The SMILES string of the molecule is O=S(F)OCCOS(=O)F.O=S(O)F.O=S(O)F.O=S(O)F.O=S(O)F. The van der Waals surface area contributed by atoms with Gasteiger partial charge in [0.15, 0.2) is 0 Å². The van der Waals surface area contributed by atoms with Gasteiger partial charge < -0.3 is 0 Å². The van der Waals surface area contributed by atoms with Gasteiger partial charge in [-0.2, -0.15) is 25.3 Å². The first-order valence-electron chi connectivity index (χ1n) is 4.07. The van der Waals surface area contributed by atoms with E-state index in [1.165, 1.54) is 0 Å². The lowest BCUT2D eigenvalue weighted by Crippen LogP contribution is -2.03. The molecule has 0 aromatic carbocycles. The first-order valence-corrected chi connectivity index (χ1v) is 10.0. The van der Waals surface area contributed by atoms with Crippen LogP contribution in [0.25, 0.3) is 0 Å². The van der Waals surface area contributed by atoms with E-state index in [1.54, 1.807) is 0 Å². The second-order valence-electron chi connectivity index (χ2n) is 1.86. The third-order valence-corrected chi connectivity index (χ3v) is 1.14. The van der Waals surface area contributed by atoms with Crippen LogP contribution < -0.4 is 0 Å². The van der Waals surface area contributed by atoms with Crippen LogP contribution in [0.15, 0.2) is 0 Å². The Balaban J connectivity index is -0.0000000776. The van der Waals surface area contributed by atoms with Crippen molar-refractivity contribution >= 4 is 68.8 Å². The molecule has 12 nitrogen and oxygen atoms in total. The Morgan fingerprint density at radius 1 is 0.500 bits per heavy atom. The fourth-order valence-corrected chi connectivity index (χ4v) is 0.597. The highest BCUT2D eigenvalue weighted by Crippen LogP contribution is 1.89. The summed E-state index contributed by atoms with van der Waals surface area (Å²) < 4.78 is 150. The molecule has 0 aromatic heterocycles. The molecule has 0 fully saturated rings. The van der Waals surface area contributed by atoms with E-state index < -0.39 is 82.0 Å². The molecule has 0 aromatic rings. The van der Waals surface area contributed by atoms with Gasteiger partial charge in [0.05, 0.1) is 13.2 Å². The molecule has 26 heavy (non-hydrogen) atoms. The maximum absolute atomic E-state index is 11.3. The van der Waals surface area contributed by atoms with E-state index in [2.05, 4.69) is 8.37 Å². The molecular formula is C2H8F6O12S6. The molecule has 4 N–H and O–H groups in total. The summed E-state index contributed by atoms with van der Waals surface area (Å²) in [6.45, 7) is -0.808. The van der Waals surface area contributed by atoms with E-state index in [4.69, 9.17) is 35.0 Å². The second-order valence-corrected chi connectivity index (χ2v) is 4.76. The van der Waals surface area contributed by atoms with Gasteiger partial charge in [-0.15, -0.1) is 23.3 Å². The van der Waals surface area contributed by atoms with Crippen LogP contribution in [-0.4, -0.2) is 56.7 Å². The second kappa shape index (κ2) is 30.0. The topological polar surface area (TPSA) is 202 Å². The lowest BCUT2D eigenvalue weighted by molar-refractivity contribution is 0.232. The van der Waals surface area contributed by atoms with Gasteiger partial charge in [0, 0.05) is 0 Å². The van der Waals surface area contributed by atoms with Crippen molar-refractivity contribution in [3.8, 4) is 0 Å². The summed E-state index contributed by atoms with van der Waals surface area (Å²) >= 11 is -18.2. The summed E-state index contributed by atoms with van der Waals surface area (Å²) in [5.41, 5.74) is 0. The summed E-state index contributed by atoms with van der Waals surface area (Å²) in [5, 5.41) is 0. The van der Waals surface area contributed by atoms with Crippen molar-refractivity contribution in [1.29, 1.82) is 0 Å². The van der Waals surface area contributed by atoms with Gasteiger partial charge in [-0.05, 0) is 0 Å². The predicted octanol–water partition coefficient (Wildman–Crippen LogP) is 0.486. The van der Waals surface area contributed by atoms with Crippen LogP contribution in [0.1, 0.15) is 0 Å². The van der Waals surface area contributed by atoms with Crippen LogP contribution >= 0.6 is 0 Å². The first kappa shape index (κ1) is 37.1. The van der Waals surface area contributed by atoms with Gasteiger partial charge in [-0.1, -0.05) is 0 Å². The number of halogens is 6. The van der Waals surface area contributed by atoms with Crippen molar-refractivity contribution in [1.82, 2.24) is 0 Å². The van der Waals surface area contributed by atoms with Crippen LogP contribution in [0, 0.1) is 0 Å². The zero-order valence-electron chi connectivity index (χ0n) is 11.2. The van der Waals surface area contributed by atoms with Gasteiger partial charge in [0.1, 0.15) is 0 Å². The smallest absolute Gasteiger partial charge is 0.280 e. The molecule has 0 aliphatic carbocycles. The van der Waals surface area contributed by atoms with Gasteiger partial charge in [0.2, 0.25) is 0 Å². The van der Waals surface area contributed by atoms with Crippen molar-refractivity contribution in [2.45, 2.75) is 0 Å². The summed E-state index contributed by atoms with van der Waals surface area (Å²) in [6, 6.07) is 0. The zero-order valence-corrected chi connectivity index (χ0v) is 16.1. The quantitative estimate of drug-likeness (QED) is 0.166. The number of hydrogen-bond acceptors (Lipinski definition) is 8. The minimum atomic E-state index is -3.11. The molecule has 0 spiro atoms. The molecule has 166 valence electrons. The largest absolute Gasteiger partial charge is 0.344 e. The van der Waals surface area contributed by atoms with Crippen LogP contribution in [-0.2, 0) is 77.2 Å². The molecular weight excluding hydrogens is 522 g/mol. The minimum Gasteiger partial charge on any atom is -0.280 e. The van der Waals surface area contributed by atoms with Crippen molar-refractivity contribution < 1.29 is 75.1 Å². The Kier molecular flexibility index (Phi) is 42.7. The average molecular weight is 530 g/mol. The van der Waals surface area contributed by atoms with Crippen LogP contribution in [0.5, 0.6) is 0 Å². The highest BCUT2D eigenvalue weighted by Gasteiger charge is 1.98. The third kappa shape index (κ3) is 250. The molecule has 0 saturated carbocycles. The van der Waals surface area contributed by atoms with E-state index in [0.717, 1.165) is 0 Å². The molecule has 0 rings (SSSR count). The monoisotopic (exact) mass is 530 g/mol. The summed E-state index contributed by atoms with van der Waals surface area (Å²) in [5.74, 6) is 0. The van der Waals surface area contributed by atoms with Gasteiger partial charge in [-0.3, -0.25) is 26.6 Å². The molecule has 0 bridgehead atoms. The van der Waals surface area contributed by atoms with Crippen LogP contribution in [0.4, 0.5) is 23.3 Å². The summed E-state index contributed by atoms with van der Waals surface area (Å²) in [7, 11) is 0. The Morgan fingerprint density at radius 2 is 0.615 bits per heavy atom. The first-order chi connectivity index (χ1) is 11.6. The summed E-state index contributed by atoms with van der Waals surface area (Å²) in [6.07, 6.45) is 0. The Bertz CT molecular complexity index is 368. The maximum atomic E-state index is 11.3. The normalized spacial score (nSPS) is 15.9. The lowest BCUT2D eigenvalue weighted by atomic mass is 10.8. The fraction of sp³-hybridized carbons (Fsp3) is 1.00. The van der Waals surface area contributed by atoms with Gasteiger partial charge >= 0.3 is 68.8 Å². The lowest BCUT2D eigenvalue weighted by Gasteiger charge is -1.93. The van der Waals surface area contributed by atoms with E-state index in [9.17, 15) is 31.7 Å². The maximum Gasteiger partial charge on any atom is 0.344 e. The third-order valence-electron chi connectivity index (χ3n) is 0.435. The molecule has 0 amide bonds. The van der Waals surface area contributed by atoms with Crippen molar-refractivity contribution in [3.05, 3.63) is 0 Å². The molecule has 6 unspecified atom stereocenters. The number of rotatable bonds is 5.